The number of benzene rings is 3. The summed E-state index contributed by atoms with van der Waals surface area (Å²) in [5, 5.41) is 0. The quantitative estimate of drug-likeness (QED) is 0.237. The standard InChI is InChI=1S/C27H26O5/c1-31-27(30)24-17-13-22(14-18-24)21-11-15-23(16-12-21)25(28)9-5-6-10-26(29)32-19-20-7-3-2-4-8-20/h2-4,7-8,11-18H,5-6,9-10,19H2,1H3. The summed E-state index contributed by atoms with van der Waals surface area (Å²) in [5.41, 5.74) is 4.00. The highest BCUT2D eigenvalue weighted by atomic mass is 16.5. The molecule has 0 fully saturated rings. The van der Waals surface area contributed by atoms with Crippen LogP contribution >= 0.6 is 0 Å². The first-order valence-electron chi connectivity index (χ1n) is 10.6. The van der Waals surface area contributed by atoms with E-state index in [0.29, 0.717) is 36.8 Å². The van der Waals surface area contributed by atoms with Gasteiger partial charge in [-0.3, -0.25) is 9.59 Å². The van der Waals surface area contributed by atoms with E-state index in [0.717, 1.165) is 16.7 Å². The lowest BCUT2D eigenvalue weighted by Crippen LogP contribution is -2.05. The minimum atomic E-state index is -0.373. The van der Waals surface area contributed by atoms with Crippen LogP contribution in [0.5, 0.6) is 0 Å². The van der Waals surface area contributed by atoms with E-state index in [2.05, 4.69) is 0 Å². The predicted molar refractivity (Wildman–Crippen MR) is 122 cm³/mol. The van der Waals surface area contributed by atoms with Crippen LogP contribution in [-0.2, 0) is 20.9 Å². The molecule has 32 heavy (non-hydrogen) atoms. The molecule has 0 aliphatic rings. The van der Waals surface area contributed by atoms with Gasteiger partial charge in [0.2, 0.25) is 0 Å². The highest BCUT2D eigenvalue weighted by Gasteiger charge is 2.09. The number of Topliss-reactive ketones (excluding diaryl/α,β-unsaturated/α-hetero) is 1. The maximum Gasteiger partial charge on any atom is 0.337 e. The van der Waals surface area contributed by atoms with Crippen molar-refractivity contribution >= 4 is 17.7 Å². The largest absolute Gasteiger partial charge is 0.465 e. The molecule has 0 bridgehead atoms. The molecular weight excluding hydrogens is 404 g/mol. The minimum Gasteiger partial charge on any atom is -0.465 e. The number of methoxy groups -OCH3 is 1. The average Bonchev–Trinajstić information content (AvgIpc) is 2.85. The van der Waals surface area contributed by atoms with Crippen molar-refractivity contribution in [2.24, 2.45) is 0 Å². The first-order valence-corrected chi connectivity index (χ1v) is 10.6. The van der Waals surface area contributed by atoms with E-state index < -0.39 is 0 Å². The second-order valence-corrected chi connectivity index (χ2v) is 7.42. The molecule has 0 saturated carbocycles. The first-order chi connectivity index (χ1) is 15.6. The molecule has 0 unspecified atom stereocenters. The molecule has 164 valence electrons. The number of hydrogen-bond acceptors (Lipinski definition) is 5. The smallest absolute Gasteiger partial charge is 0.337 e. The lowest BCUT2D eigenvalue weighted by Gasteiger charge is -2.06. The van der Waals surface area contributed by atoms with Crippen LogP contribution in [0.1, 0.15) is 52.0 Å². The summed E-state index contributed by atoms with van der Waals surface area (Å²) in [7, 11) is 1.35. The molecule has 5 nitrogen and oxygen atoms in total. The second-order valence-electron chi connectivity index (χ2n) is 7.42. The summed E-state index contributed by atoms with van der Waals surface area (Å²) >= 11 is 0. The number of carbonyl (C=O) groups is 3. The number of hydrogen-bond donors (Lipinski definition) is 0. The van der Waals surface area contributed by atoms with Gasteiger partial charge in [0.25, 0.3) is 0 Å². The zero-order valence-corrected chi connectivity index (χ0v) is 18.1. The Morgan fingerprint density at radius 2 is 1.25 bits per heavy atom. The van der Waals surface area contributed by atoms with Crippen LogP contribution in [0, 0.1) is 0 Å². The highest BCUT2D eigenvalue weighted by Crippen LogP contribution is 2.21. The minimum absolute atomic E-state index is 0.0512. The van der Waals surface area contributed by atoms with Crippen molar-refractivity contribution in [2.45, 2.75) is 32.3 Å². The number of esters is 2. The Bertz CT molecular complexity index is 1040. The summed E-state index contributed by atoms with van der Waals surface area (Å²) in [4.78, 5) is 35.8. The maximum absolute atomic E-state index is 12.4. The topological polar surface area (TPSA) is 69.7 Å². The Labute approximate surface area is 188 Å². The molecule has 3 rings (SSSR count). The number of ketones is 1. The van der Waals surface area contributed by atoms with Gasteiger partial charge in [-0.2, -0.15) is 0 Å². The van der Waals surface area contributed by atoms with Gasteiger partial charge >= 0.3 is 11.9 Å². The van der Waals surface area contributed by atoms with Crippen molar-refractivity contribution < 1.29 is 23.9 Å². The van der Waals surface area contributed by atoms with Crippen molar-refractivity contribution in [3.63, 3.8) is 0 Å². The normalized spacial score (nSPS) is 10.4. The molecule has 5 heteroatoms. The Kier molecular flexibility index (Phi) is 8.32. The van der Waals surface area contributed by atoms with Gasteiger partial charge in [-0.25, -0.2) is 4.79 Å². The van der Waals surface area contributed by atoms with Crippen molar-refractivity contribution in [3.8, 4) is 11.1 Å². The zero-order valence-electron chi connectivity index (χ0n) is 18.1. The van der Waals surface area contributed by atoms with Gasteiger partial charge in [0.15, 0.2) is 5.78 Å². The fourth-order valence-corrected chi connectivity index (χ4v) is 3.27. The third kappa shape index (κ3) is 6.64. The van der Waals surface area contributed by atoms with Crippen molar-refractivity contribution in [1.29, 1.82) is 0 Å². The van der Waals surface area contributed by atoms with E-state index >= 15 is 0 Å². The Morgan fingerprint density at radius 3 is 1.84 bits per heavy atom. The summed E-state index contributed by atoms with van der Waals surface area (Å²) in [6.07, 6.45) is 1.94. The van der Waals surface area contributed by atoms with E-state index in [1.54, 1.807) is 24.3 Å². The number of carbonyl (C=O) groups excluding carboxylic acids is 3. The lowest BCUT2D eigenvalue weighted by molar-refractivity contribution is -0.145. The Hall–Kier alpha value is -3.73. The molecule has 0 aliphatic heterocycles. The molecule has 0 aromatic heterocycles. The molecule has 0 N–H and O–H groups in total. The molecule has 0 heterocycles. The van der Waals surface area contributed by atoms with Crippen LogP contribution in [0.4, 0.5) is 0 Å². The summed E-state index contributed by atoms with van der Waals surface area (Å²) < 4.78 is 9.96. The molecule has 0 amide bonds. The highest BCUT2D eigenvalue weighted by molar-refractivity contribution is 5.96. The third-order valence-corrected chi connectivity index (χ3v) is 5.12. The molecule has 0 spiro atoms. The first kappa shape index (κ1) is 22.9. The summed E-state index contributed by atoms with van der Waals surface area (Å²) in [6, 6.07) is 24.1. The van der Waals surface area contributed by atoms with Crippen LogP contribution < -0.4 is 0 Å². The molecule has 0 atom stereocenters. The number of ether oxygens (including phenoxy) is 2. The van der Waals surface area contributed by atoms with Gasteiger partial charge in [-0.05, 0) is 41.7 Å². The van der Waals surface area contributed by atoms with Crippen LogP contribution in [0.25, 0.3) is 11.1 Å². The van der Waals surface area contributed by atoms with E-state index in [4.69, 9.17) is 9.47 Å². The van der Waals surface area contributed by atoms with Gasteiger partial charge in [0.05, 0.1) is 12.7 Å². The van der Waals surface area contributed by atoms with Crippen molar-refractivity contribution in [2.75, 3.05) is 7.11 Å². The van der Waals surface area contributed by atoms with Crippen molar-refractivity contribution in [1.82, 2.24) is 0 Å². The van der Waals surface area contributed by atoms with E-state index in [1.165, 1.54) is 7.11 Å². The van der Waals surface area contributed by atoms with Crippen LogP contribution in [0.2, 0.25) is 0 Å². The Morgan fingerprint density at radius 1 is 0.688 bits per heavy atom. The van der Waals surface area contributed by atoms with E-state index in [9.17, 15) is 14.4 Å². The second kappa shape index (κ2) is 11.6. The SMILES string of the molecule is COC(=O)c1ccc(-c2ccc(C(=O)CCCCC(=O)OCc3ccccc3)cc2)cc1. The summed E-state index contributed by atoms with van der Waals surface area (Å²) in [6.45, 7) is 0.274. The Balaban J connectivity index is 1.41. The van der Waals surface area contributed by atoms with Gasteiger partial charge in [-0.1, -0.05) is 66.7 Å². The molecule has 0 aliphatic carbocycles. The monoisotopic (exact) mass is 430 g/mol. The zero-order chi connectivity index (χ0) is 22.8. The lowest BCUT2D eigenvalue weighted by atomic mass is 9.99. The number of unbranched alkanes of at least 4 members (excludes halogenated alkanes) is 1. The fourth-order valence-electron chi connectivity index (χ4n) is 3.27. The predicted octanol–water partition coefficient (Wildman–Crippen LogP) is 5.63. The van der Waals surface area contributed by atoms with Crippen LogP contribution in [0.15, 0.2) is 78.9 Å². The molecule has 3 aromatic carbocycles. The van der Waals surface area contributed by atoms with E-state index in [-0.39, 0.29) is 24.3 Å². The van der Waals surface area contributed by atoms with Crippen LogP contribution in [0.3, 0.4) is 0 Å². The van der Waals surface area contributed by atoms with Gasteiger partial charge in [-0.15, -0.1) is 0 Å². The summed E-state index contributed by atoms with van der Waals surface area (Å²) in [5.74, 6) is -0.568. The molecule has 0 saturated heterocycles. The van der Waals surface area contributed by atoms with Gasteiger partial charge < -0.3 is 9.47 Å². The number of rotatable bonds is 10. The van der Waals surface area contributed by atoms with E-state index in [1.807, 2.05) is 54.6 Å². The molecule has 3 aromatic rings. The van der Waals surface area contributed by atoms with Gasteiger partial charge in [0, 0.05) is 18.4 Å². The third-order valence-electron chi connectivity index (χ3n) is 5.12. The molecular formula is C27H26O5. The van der Waals surface area contributed by atoms with Crippen molar-refractivity contribution in [3.05, 3.63) is 95.6 Å². The van der Waals surface area contributed by atoms with Gasteiger partial charge in [0.1, 0.15) is 6.61 Å². The molecule has 0 radical (unpaired) electrons. The maximum atomic E-state index is 12.4. The fraction of sp³-hybridized carbons (Fsp3) is 0.222. The average molecular weight is 431 g/mol. The van der Waals surface area contributed by atoms with Crippen LogP contribution in [-0.4, -0.2) is 24.8 Å².